The van der Waals surface area contributed by atoms with Crippen LogP contribution in [-0.4, -0.2) is 32.0 Å². The van der Waals surface area contributed by atoms with E-state index < -0.39 is 10.0 Å². The minimum atomic E-state index is -3.76. The molecule has 1 aromatic carbocycles. The number of anilines is 1. The van der Waals surface area contributed by atoms with E-state index in [4.69, 9.17) is 4.74 Å². The van der Waals surface area contributed by atoms with Crippen molar-refractivity contribution in [1.82, 2.24) is 0 Å². The van der Waals surface area contributed by atoms with Crippen LogP contribution in [0.3, 0.4) is 0 Å². The van der Waals surface area contributed by atoms with Crippen molar-refractivity contribution in [2.24, 2.45) is 0 Å². The molecule has 9 heteroatoms. The monoisotopic (exact) mass is 399 g/mol. The number of nitrogens with one attached hydrogen (secondary N) is 1. The highest BCUT2D eigenvalue weighted by Crippen LogP contribution is 2.43. The summed E-state index contributed by atoms with van der Waals surface area (Å²) in [5.74, 6) is -0.261. The van der Waals surface area contributed by atoms with Gasteiger partial charge in [0.15, 0.2) is 11.5 Å². The standard InChI is InChI=1S/C16H17NO5S3/c1-10(18)6-7-11-15(19)13(22-2)9-12(16(11)23-3)17-25(20,21)14-5-4-8-24-14/h4-9,17-19H,1H2,2-3H3/b7-6+. The average Bonchev–Trinajstić information content (AvgIpc) is 3.09. The van der Waals surface area contributed by atoms with E-state index in [2.05, 4.69) is 11.3 Å². The minimum Gasteiger partial charge on any atom is -0.509 e. The Morgan fingerprint density at radius 2 is 2.20 bits per heavy atom. The SMILES string of the molecule is C=C(O)/C=C/c1c(O)c(OC)cc(NS(=O)(=O)c2cccs2)c1SC. The molecule has 134 valence electrons. The number of aromatic hydroxyl groups is 1. The van der Waals surface area contributed by atoms with Gasteiger partial charge in [-0.1, -0.05) is 12.6 Å². The van der Waals surface area contributed by atoms with Gasteiger partial charge in [0.05, 0.1) is 12.8 Å². The van der Waals surface area contributed by atoms with Gasteiger partial charge < -0.3 is 14.9 Å². The molecule has 25 heavy (non-hydrogen) atoms. The van der Waals surface area contributed by atoms with Crippen LogP contribution in [-0.2, 0) is 10.0 Å². The maximum Gasteiger partial charge on any atom is 0.271 e. The number of thiophene rings is 1. The largest absolute Gasteiger partial charge is 0.509 e. The van der Waals surface area contributed by atoms with E-state index >= 15 is 0 Å². The van der Waals surface area contributed by atoms with E-state index in [0.717, 1.165) is 11.3 Å². The lowest BCUT2D eigenvalue weighted by molar-refractivity contribution is 0.372. The molecule has 0 saturated carbocycles. The number of aliphatic hydroxyl groups is 1. The first-order valence-electron chi connectivity index (χ1n) is 6.90. The van der Waals surface area contributed by atoms with Crippen LogP contribution >= 0.6 is 23.1 Å². The molecule has 0 aliphatic rings. The lowest BCUT2D eigenvalue weighted by atomic mass is 10.1. The fraction of sp³-hybridized carbons (Fsp3) is 0.125. The number of hydrogen-bond donors (Lipinski definition) is 3. The summed E-state index contributed by atoms with van der Waals surface area (Å²) in [5.41, 5.74) is 0.574. The zero-order valence-corrected chi connectivity index (χ0v) is 16.0. The molecule has 3 N–H and O–H groups in total. The summed E-state index contributed by atoms with van der Waals surface area (Å²) < 4.78 is 32.8. The van der Waals surface area contributed by atoms with Crippen LogP contribution in [0.1, 0.15) is 5.56 Å². The van der Waals surface area contributed by atoms with Gasteiger partial charge in [-0.3, -0.25) is 4.72 Å². The number of phenols is 1. The van der Waals surface area contributed by atoms with E-state index in [1.165, 1.54) is 43.2 Å². The van der Waals surface area contributed by atoms with E-state index in [9.17, 15) is 18.6 Å². The Balaban J connectivity index is 2.61. The van der Waals surface area contributed by atoms with Crippen LogP contribution in [0.2, 0.25) is 0 Å². The van der Waals surface area contributed by atoms with Gasteiger partial charge >= 0.3 is 0 Å². The highest BCUT2D eigenvalue weighted by molar-refractivity contribution is 7.99. The predicted octanol–water partition coefficient (Wildman–Crippen LogP) is 4.07. The first kappa shape index (κ1) is 19.2. The van der Waals surface area contributed by atoms with Gasteiger partial charge in [-0.25, -0.2) is 8.42 Å². The molecule has 0 aliphatic carbocycles. The summed E-state index contributed by atoms with van der Waals surface area (Å²) in [7, 11) is -2.40. The van der Waals surface area contributed by atoms with Crippen LogP contribution in [0.15, 0.2) is 51.1 Å². The summed E-state index contributed by atoms with van der Waals surface area (Å²) in [6.45, 7) is 3.35. The van der Waals surface area contributed by atoms with E-state index in [1.54, 1.807) is 17.7 Å². The minimum absolute atomic E-state index is 0.102. The van der Waals surface area contributed by atoms with Crippen LogP contribution < -0.4 is 9.46 Å². The molecule has 2 aromatic rings. The van der Waals surface area contributed by atoms with Crippen molar-refractivity contribution in [2.75, 3.05) is 18.1 Å². The Labute approximate surface area is 154 Å². The van der Waals surface area contributed by atoms with Gasteiger partial charge in [0, 0.05) is 16.5 Å². The third kappa shape index (κ3) is 4.30. The van der Waals surface area contributed by atoms with Gasteiger partial charge in [0.2, 0.25) is 0 Å². The molecule has 0 unspecified atom stereocenters. The number of ether oxygens (including phenoxy) is 1. The highest BCUT2D eigenvalue weighted by Gasteiger charge is 2.22. The number of thioether (sulfide) groups is 1. The van der Waals surface area contributed by atoms with Gasteiger partial charge in [-0.05, 0) is 29.9 Å². The Hall–Kier alpha value is -2.10. The summed E-state index contributed by atoms with van der Waals surface area (Å²) in [5, 5.41) is 21.3. The molecular formula is C16H17NO5S3. The number of methoxy groups -OCH3 is 1. The molecule has 0 bridgehead atoms. The van der Waals surface area contributed by atoms with Crippen LogP contribution in [0.5, 0.6) is 11.5 Å². The quantitative estimate of drug-likeness (QED) is 0.281. The van der Waals surface area contributed by atoms with Crippen molar-refractivity contribution in [2.45, 2.75) is 9.10 Å². The molecular weight excluding hydrogens is 382 g/mol. The molecule has 6 nitrogen and oxygen atoms in total. The number of hydrogen-bond acceptors (Lipinski definition) is 7. The Bertz CT molecular complexity index is 902. The maximum absolute atomic E-state index is 12.5. The third-order valence-corrected chi connectivity index (χ3v) is 6.73. The van der Waals surface area contributed by atoms with Gasteiger partial charge in [-0.15, -0.1) is 23.1 Å². The second kappa shape index (κ2) is 7.85. The first-order valence-corrected chi connectivity index (χ1v) is 10.5. The molecule has 0 atom stereocenters. The van der Waals surface area contributed by atoms with Crippen molar-refractivity contribution >= 4 is 44.9 Å². The topological polar surface area (TPSA) is 95.9 Å². The van der Waals surface area contributed by atoms with E-state index in [-0.39, 0.29) is 27.2 Å². The number of aliphatic hydroxyl groups excluding tert-OH is 1. The predicted molar refractivity (Wildman–Crippen MR) is 102 cm³/mol. The second-order valence-corrected chi connectivity index (χ2v) is 8.46. The number of benzene rings is 1. The zero-order valence-electron chi connectivity index (χ0n) is 13.5. The fourth-order valence-electron chi connectivity index (χ4n) is 2.05. The zero-order chi connectivity index (χ0) is 18.6. The summed E-state index contributed by atoms with van der Waals surface area (Å²) >= 11 is 2.34. The van der Waals surface area contributed by atoms with Crippen molar-refractivity contribution in [3.8, 4) is 11.5 Å². The highest BCUT2D eigenvalue weighted by atomic mass is 32.2. The van der Waals surface area contributed by atoms with E-state index in [0.29, 0.717) is 10.5 Å². The summed E-state index contributed by atoms with van der Waals surface area (Å²) in [4.78, 5) is 0.482. The second-order valence-electron chi connectivity index (χ2n) is 4.78. The first-order chi connectivity index (χ1) is 11.8. The number of rotatable bonds is 7. The number of sulfonamides is 1. The van der Waals surface area contributed by atoms with Gasteiger partial charge in [0.25, 0.3) is 10.0 Å². The molecule has 0 spiro atoms. The molecule has 0 aliphatic heterocycles. The van der Waals surface area contributed by atoms with Crippen molar-refractivity contribution in [3.63, 3.8) is 0 Å². The molecule has 0 saturated heterocycles. The Morgan fingerprint density at radius 1 is 1.48 bits per heavy atom. The third-order valence-electron chi connectivity index (χ3n) is 3.12. The van der Waals surface area contributed by atoms with Crippen LogP contribution in [0.4, 0.5) is 5.69 Å². The van der Waals surface area contributed by atoms with Crippen LogP contribution in [0, 0.1) is 0 Å². The number of allylic oxidation sites excluding steroid dienone is 1. The van der Waals surface area contributed by atoms with Crippen LogP contribution in [0.25, 0.3) is 6.08 Å². The average molecular weight is 400 g/mol. The van der Waals surface area contributed by atoms with Crippen molar-refractivity contribution in [1.29, 1.82) is 0 Å². The lowest BCUT2D eigenvalue weighted by Gasteiger charge is -2.16. The van der Waals surface area contributed by atoms with Crippen molar-refractivity contribution in [3.05, 3.63) is 47.6 Å². The summed E-state index contributed by atoms with van der Waals surface area (Å²) in [6.07, 6.45) is 4.48. The molecule has 0 fully saturated rings. The Kier molecular flexibility index (Phi) is 6.04. The lowest BCUT2D eigenvalue weighted by Crippen LogP contribution is -2.12. The fourth-order valence-corrected chi connectivity index (χ4v) is 4.88. The molecule has 2 rings (SSSR count). The van der Waals surface area contributed by atoms with Gasteiger partial charge in [0.1, 0.15) is 9.97 Å². The smallest absolute Gasteiger partial charge is 0.271 e. The van der Waals surface area contributed by atoms with Crippen molar-refractivity contribution < 1.29 is 23.4 Å². The molecule has 1 heterocycles. The Morgan fingerprint density at radius 3 is 2.72 bits per heavy atom. The molecule has 1 aromatic heterocycles. The number of phenolic OH excluding ortho intramolecular Hbond substituents is 1. The van der Waals surface area contributed by atoms with E-state index in [1.807, 2.05) is 0 Å². The normalized spacial score (nSPS) is 11.6. The molecule has 0 radical (unpaired) electrons. The maximum atomic E-state index is 12.5. The summed E-state index contributed by atoms with van der Waals surface area (Å²) in [6, 6.07) is 4.56. The van der Waals surface area contributed by atoms with Gasteiger partial charge in [-0.2, -0.15) is 0 Å². The molecule has 0 amide bonds.